The zero-order valence-electron chi connectivity index (χ0n) is 61.7. The van der Waals surface area contributed by atoms with Crippen LogP contribution in [0.15, 0.2) is 64.7 Å². The molecule has 11 amide bonds. The van der Waals surface area contributed by atoms with Gasteiger partial charge >= 0.3 is 11.9 Å². The van der Waals surface area contributed by atoms with E-state index in [0.717, 1.165) is 18.2 Å². The van der Waals surface area contributed by atoms with Gasteiger partial charge in [0.15, 0.2) is 11.9 Å². The van der Waals surface area contributed by atoms with Gasteiger partial charge in [-0.1, -0.05) is 91.6 Å². The Balaban J connectivity index is 1.56. The van der Waals surface area contributed by atoms with Crippen LogP contribution < -0.4 is 76.1 Å². The minimum absolute atomic E-state index is 0.00310. The molecule has 0 bridgehead atoms. The van der Waals surface area contributed by atoms with Crippen molar-refractivity contribution in [3.63, 3.8) is 0 Å². The molecule has 2 fully saturated rings. The molecule has 2 aromatic carbocycles. The molecule has 34 heteroatoms. The first-order chi connectivity index (χ1) is 50.3. The third-order valence-electron chi connectivity index (χ3n) is 18.0. The number of rotatable bonds is 23. The number of carbonyl (C=O) groups is 13. The number of hydrogen-bond donors (Lipinski definition) is 17. The largest absolute Gasteiger partial charge is 0.508 e. The Morgan fingerprint density at radius 2 is 1.13 bits per heavy atom. The number of esters is 1. The van der Waals surface area contributed by atoms with Gasteiger partial charge in [-0.15, -0.1) is 0 Å². The summed E-state index contributed by atoms with van der Waals surface area (Å²) in [5.41, 5.74) is 24.1. The molecule has 2 saturated heterocycles. The lowest BCUT2D eigenvalue weighted by atomic mass is 10.00. The Labute approximate surface area is 617 Å². The van der Waals surface area contributed by atoms with Crippen LogP contribution in [0.25, 0.3) is 10.9 Å². The van der Waals surface area contributed by atoms with Crippen molar-refractivity contribution < 1.29 is 77.3 Å². The van der Waals surface area contributed by atoms with Crippen LogP contribution in [0.2, 0.25) is 0 Å². The van der Waals surface area contributed by atoms with Crippen molar-refractivity contribution in [1.82, 2.24) is 63.1 Å². The number of unbranched alkanes of at least 4 members (excludes halogenated alkanes) is 2. The van der Waals surface area contributed by atoms with Crippen LogP contribution in [0.1, 0.15) is 162 Å². The van der Waals surface area contributed by atoms with E-state index in [1.165, 1.54) is 29.2 Å². The number of fused-ring (bicyclic) bond motifs is 2. The smallest absolute Gasteiger partial charge is 0.306 e. The summed E-state index contributed by atoms with van der Waals surface area (Å²) >= 11 is 0. The third kappa shape index (κ3) is 29.2. The maximum absolute atomic E-state index is 15.0. The number of phenols is 1. The van der Waals surface area contributed by atoms with Crippen LogP contribution in [0.5, 0.6) is 5.75 Å². The van der Waals surface area contributed by atoms with Crippen molar-refractivity contribution in [2.24, 2.45) is 50.7 Å². The molecule has 0 radical (unpaired) electrons. The van der Waals surface area contributed by atoms with E-state index >= 15 is 0 Å². The zero-order chi connectivity index (χ0) is 78.2. The second kappa shape index (κ2) is 43.6. The number of aromatic amines is 1. The van der Waals surface area contributed by atoms with Gasteiger partial charge in [0.2, 0.25) is 65.0 Å². The first-order valence-electron chi connectivity index (χ1n) is 36.5. The fourth-order valence-electron chi connectivity index (χ4n) is 12.3. The number of amides is 11. The average molecular weight is 1480 g/mol. The molecule has 584 valence electrons. The minimum Gasteiger partial charge on any atom is -0.508 e. The zero-order valence-corrected chi connectivity index (χ0v) is 61.7. The van der Waals surface area contributed by atoms with E-state index in [2.05, 4.69) is 68.1 Å². The maximum Gasteiger partial charge on any atom is 0.306 e. The van der Waals surface area contributed by atoms with Gasteiger partial charge in [-0.25, -0.2) is 0 Å². The van der Waals surface area contributed by atoms with Crippen LogP contribution in [-0.4, -0.2) is 202 Å². The number of phenolic OH excluding ortho intramolecular Hbond substituents is 1. The van der Waals surface area contributed by atoms with E-state index in [4.69, 9.17) is 27.7 Å². The van der Waals surface area contributed by atoms with Crippen molar-refractivity contribution in [3.05, 3.63) is 65.9 Å². The summed E-state index contributed by atoms with van der Waals surface area (Å²) in [6.07, 6.45) is 1.35. The quantitative estimate of drug-likeness (QED) is 0.0252. The number of carboxylic acids is 1. The molecule has 3 heterocycles. The van der Waals surface area contributed by atoms with Crippen molar-refractivity contribution in [2.45, 2.75) is 225 Å². The number of nitrogens with zero attached hydrogens (tertiary/aromatic N) is 3. The van der Waals surface area contributed by atoms with Gasteiger partial charge in [-0.05, 0) is 118 Å². The lowest BCUT2D eigenvalue weighted by Gasteiger charge is -2.29. The third-order valence-corrected chi connectivity index (χ3v) is 18.0. The molecule has 5 rings (SSSR count). The number of benzene rings is 2. The van der Waals surface area contributed by atoms with Crippen LogP contribution in [0.4, 0.5) is 0 Å². The molecular formula is C72H110N18O16. The Bertz CT molecular complexity index is 3550. The van der Waals surface area contributed by atoms with Gasteiger partial charge in [0.25, 0.3) is 0 Å². The van der Waals surface area contributed by atoms with Crippen LogP contribution in [0.3, 0.4) is 0 Å². The number of cyclic esters (lactones) is 1. The molecule has 106 heavy (non-hydrogen) atoms. The molecule has 21 N–H and O–H groups in total. The van der Waals surface area contributed by atoms with Gasteiger partial charge in [0, 0.05) is 69.0 Å². The highest BCUT2D eigenvalue weighted by Crippen LogP contribution is 2.23. The molecular weight excluding hydrogens is 1370 g/mol. The van der Waals surface area contributed by atoms with Crippen molar-refractivity contribution in [1.29, 1.82) is 0 Å². The van der Waals surface area contributed by atoms with Gasteiger partial charge in [-0.2, -0.15) is 0 Å². The van der Waals surface area contributed by atoms with Crippen LogP contribution >= 0.6 is 0 Å². The number of H-pyrrole nitrogens is 1. The molecule has 0 aliphatic carbocycles. The first-order valence-corrected chi connectivity index (χ1v) is 36.5. The minimum atomic E-state index is -1.71. The van der Waals surface area contributed by atoms with Crippen molar-refractivity contribution in [2.75, 3.05) is 32.7 Å². The second-order valence-corrected chi connectivity index (χ2v) is 27.9. The summed E-state index contributed by atoms with van der Waals surface area (Å²) in [4.78, 5) is 197. The number of aromatic nitrogens is 1. The van der Waals surface area contributed by atoms with Gasteiger partial charge < -0.3 is 101 Å². The first kappa shape index (κ1) is 86.1. The Kier molecular flexibility index (Phi) is 35.4. The van der Waals surface area contributed by atoms with E-state index in [0.29, 0.717) is 29.5 Å². The predicted octanol–water partition coefficient (Wildman–Crippen LogP) is -0.233. The Morgan fingerprint density at radius 1 is 0.585 bits per heavy atom. The number of carbonyl (C=O) groups excluding carboxylic acids is 12. The second-order valence-electron chi connectivity index (χ2n) is 27.9. The Hall–Kier alpha value is -10.6. The fraction of sp³-hybridized carbons (Fsp3) is 0.597. The van der Waals surface area contributed by atoms with Crippen molar-refractivity contribution >= 4 is 99.7 Å². The number of ether oxygens (including phenoxy) is 1. The average Bonchev–Trinajstić information content (AvgIpc) is 1.68. The van der Waals surface area contributed by atoms with Crippen LogP contribution in [-0.2, 0) is 79.9 Å². The number of guanidine groups is 2. The predicted molar refractivity (Wildman–Crippen MR) is 394 cm³/mol. The van der Waals surface area contributed by atoms with Gasteiger partial charge in [-0.3, -0.25) is 72.3 Å². The van der Waals surface area contributed by atoms with E-state index in [1.807, 2.05) is 19.1 Å². The summed E-state index contributed by atoms with van der Waals surface area (Å²) in [5, 5.41) is 47.9. The molecule has 10 atom stereocenters. The summed E-state index contributed by atoms with van der Waals surface area (Å²) in [5.74, 6) is -13.1. The molecule has 0 unspecified atom stereocenters. The summed E-state index contributed by atoms with van der Waals surface area (Å²) < 4.78 is 5.90. The lowest BCUT2D eigenvalue weighted by Crippen LogP contribution is -2.60. The number of nitrogens with two attached hydrogens (primary N) is 4. The molecule has 3 aromatic rings. The van der Waals surface area contributed by atoms with E-state index in [9.17, 15) is 72.5 Å². The molecule has 2 aliphatic heterocycles. The molecule has 1 aromatic heterocycles. The molecule has 34 nitrogen and oxygen atoms in total. The monoisotopic (exact) mass is 1480 g/mol. The molecule has 2 aliphatic rings. The summed E-state index contributed by atoms with van der Waals surface area (Å²) in [7, 11) is 0. The van der Waals surface area contributed by atoms with Crippen molar-refractivity contribution in [3.8, 4) is 5.75 Å². The highest BCUT2D eigenvalue weighted by Gasteiger charge is 2.40. The van der Waals surface area contributed by atoms with E-state index in [-0.39, 0.29) is 127 Å². The number of aromatic hydroxyl groups is 1. The number of aliphatic carboxylic acids is 1. The normalized spacial score (nSPS) is 23.4. The highest BCUT2D eigenvalue weighted by molar-refractivity contribution is 5.99. The highest BCUT2D eigenvalue weighted by atomic mass is 16.5. The summed E-state index contributed by atoms with van der Waals surface area (Å²) in [6, 6.07) is 0.350. The number of hydrogen-bond acceptors (Lipinski definition) is 17. The number of para-hydroxylation sites is 1. The number of aliphatic imine (C=N–C) groups is 2. The number of carboxylic acid groups (broad SMARTS) is 1. The van der Waals surface area contributed by atoms with Gasteiger partial charge in [0.1, 0.15) is 66.2 Å². The summed E-state index contributed by atoms with van der Waals surface area (Å²) in [6.45, 7) is 11.5. The lowest BCUT2D eigenvalue weighted by molar-refractivity contribution is -0.151. The Morgan fingerprint density at radius 3 is 1.73 bits per heavy atom. The standard InChI is InChI=1S/C72H110N18O16/c1-8-9-10-17-46-37-56(92)88-61(42(6)7)70(105)84-50(21-14-32-79-72(75)76)65(100)89-60(41(4)5)69(104)81-39-57(93)90-33-16-22-55(90)68(103)87-52(34-40(2)3)66(101)82-49(20-13-31-78-71(73)74)63(98)83-51(28-29-58(94)95)64(99)85-53(35-43-24-26-45(91)27-25-43)67(102)86-54(62(97)77-30-15-23-59(96)106-46)36-44-38-80-48-19-12-11-18-47(44)48/h11-12,18-19,24-27,38,40-42,46,49-55,60-61,80,91H,8-10,13-17,20-23,28-37,39H2,1-7H3,(H,77,97)(H,81,104)(H,82,101)(H,83,98)(H,84,105)(H,85,99)(H,86,102)(H,87,103)(H,88,92)(H,89,100)(H,94,95)(H4,73,74,78)(H4,75,76,79)/t46-,49-,50-,51+,52+,53-,54-,55+,60+,61+/m1/s1. The molecule has 0 spiro atoms. The SMILES string of the molecule is CCCCC[C@@H]1CC(=O)N[C@@H](C(C)C)C(=O)N[C@H](CCCN=C(N)N)C(=O)N[C@@H](C(C)C)C(=O)NCC(=O)N2CCC[C@H]2C(=O)N[C@@H](CC(C)C)C(=O)N[C@H](CCCN=C(N)N)C(=O)N[C@@H](CCC(=O)O)C(=O)N[C@H](Cc2ccc(O)cc2)C(=O)N[C@H](Cc2c[nH]c3ccccc23)C(=O)NCCCC(=O)O1. The van der Waals surface area contributed by atoms with Crippen LogP contribution in [0, 0.1) is 17.8 Å². The fourth-order valence-corrected chi connectivity index (χ4v) is 12.3. The molecule has 0 saturated carbocycles. The topological polar surface area (TPSA) is 540 Å². The maximum atomic E-state index is 15.0. The van der Waals surface area contributed by atoms with E-state index < -0.39 is 169 Å². The number of nitrogens with one attached hydrogen (secondary N) is 11. The van der Waals surface area contributed by atoms with E-state index in [1.54, 1.807) is 59.9 Å². The van der Waals surface area contributed by atoms with Gasteiger partial charge in [0.05, 0.1) is 13.0 Å².